The van der Waals surface area contributed by atoms with Crippen molar-refractivity contribution < 1.29 is 0 Å². The van der Waals surface area contributed by atoms with Gasteiger partial charge in [-0.15, -0.1) is 0 Å². The summed E-state index contributed by atoms with van der Waals surface area (Å²) in [4.78, 5) is 4.18. The molecule has 2 bridgehead atoms. The van der Waals surface area contributed by atoms with Crippen LogP contribution in [0.3, 0.4) is 0 Å². The Morgan fingerprint density at radius 3 is 3.00 bits per heavy atom. The van der Waals surface area contributed by atoms with Gasteiger partial charge in [-0.25, -0.2) is 0 Å². The van der Waals surface area contributed by atoms with Gasteiger partial charge in [-0.05, 0) is 46.6 Å². The molecular weight excluding hydrogens is 220 g/mol. The minimum atomic E-state index is -0.000766. The second-order valence-corrected chi connectivity index (χ2v) is 5.60. The second-order valence-electron chi connectivity index (χ2n) is 5.60. The molecule has 0 unspecified atom stereocenters. The van der Waals surface area contributed by atoms with E-state index in [0.29, 0.717) is 11.8 Å². The lowest BCUT2D eigenvalue weighted by molar-refractivity contribution is 0.714. The molecule has 0 amide bonds. The monoisotopic (exact) mass is 230 g/mol. The summed E-state index contributed by atoms with van der Waals surface area (Å²) in [6.07, 6.45) is 4.85. The van der Waals surface area contributed by atoms with Crippen LogP contribution in [0.4, 0.5) is 0 Å². The quantitative estimate of drug-likeness (QED) is 0.754. The van der Waals surface area contributed by atoms with Crippen LogP contribution in [0.5, 0.6) is 0 Å². The van der Waals surface area contributed by atoms with Gasteiger partial charge in [-0.3, -0.25) is 4.98 Å². The predicted molar refractivity (Wildman–Crippen MR) is 68.3 cm³/mol. The molecule has 2 nitrogen and oxygen atoms in total. The van der Waals surface area contributed by atoms with E-state index in [1.807, 2.05) is 18.5 Å². The van der Waals surface area contributed by atoms with Crippen LogP contribution in [0, 0.1) is 28.6 Å². The van der Waals surface area contributed by atoms with Crippen molar-refractivity contribution in [3.05, 3.63) is 47.8 Å². The summed E-state index contributed by atoms with van der Waals surface area (Å²) in [6.45, 7) is 0. The number of nitriles is 1. The molecule has 4 aliphatic rings. The van der Waals surface area contributed by atoms with Gasteiger partial charge >= 0.3 is 0 Å². The maximum atomic E-state index is 9.23. The number of aromatic nitrogens is 1. The topological polar surface area (TPSA) is 36.7 Å². The van der Waals surface area contributed by atoms with E-state index < -0.39 is 0 Å². The number of hydrogen-bond donors (Lipinski definition) is 0. The summed E-state index contributed by atoms with van der Waals surface area (Å²) in [5.74, 6) is 1.28. The summed E-state index contributed by atoms with van der Waals surface area (Å²) in [5.41, 5.74) is 4.18. The summed E-state index contributed by atoms with van der Waals surface area (Å²) in [5, 5.41) is 11.6. The zero-order chi connectivity index (χ0) is 11.9. The summed E-state index contributed by atoms with van der Waals surface area (Å²) in [6, 6.07) is 11.1. The molecule has 2 saturated carbocycles. The Morgan fingerprint density at radius 2 is 2.22 bits per heavy atom. The fourth-order valence-electron chi connectivity index (χ4n) is 3.94. The first kappa shape index (κ1) is 8.88. The minimum absolute atomic E-state index is 0.000766. The van der Waals surface area contributed by atoms with Gasteiger partial charge in [0.1, 0.15) is 0 Å². The van der Waals surface area contributed by atoms with Crippen molar-refractivity contribution in [1.82, 2.24) is 4.98 Å². The van der Waals surface area contributed by atoms with Crippen molar-refractivity contribution in [1.29, 1.82) is 5.26 Å². The molecule has 6 rings (SSSR count). The van der Waals surface area contributed by atoms with Gasteiger partial charge in [0.25, 0.3) is 0 Å². The molecule has 1 aromatic carbocycles. The Bertz CT molecular complexity index is 796. The molecule has 18 heavy (non-hydrogen) atoms. The molecule has 2 fully saturated rings. The highest BCUT2D eigenvalue weighted by atomic mass is 14.9. The third kappa shape index (κ3) is 0.762. The van der Waals surface area contributed by atoms with Crippen LogP contribution in [-0.2, 0) is 0 Å². The molecule has 1 aromatic heterocycles. The maximum absolute atomic E-state index is 9.23. The fourth-order valence-corrected chi connectivity index (χ4v) is 3.94. The Labute approximate surface area is 105 Å². The molecule has 0 N–H and O–H groups in total. The number of rotatable bonds is 1. The molecular formula is C16H10N2. The highest BCUT2D eigenvalue weighted by Gasteiger charge is 2.88. The molecule has 84 valence electrons. The van der Waals surface area contributed by atoms with E-state index >= 15 is 0 Å². The van der Waals surface area contributed by atoms with Crippen molar-refractivity contribution in [3.63, 3.8) is 0 Å². The number of hydrogen-bond acceptors (Lipinski definition) is 2. The van der Waals surface area contributed by atoms with Gasteiger partial charge in [0.15, 0.2) is 0 Å². The molecule has 4 aliphatic carbocycles. The largest absolute Gasteiger partial charge is 0.264 e. The number of nitrogens with zero attached hydrogens (tertiary/aromatic N) is 2. The molecule has 2 heteroatoms. The van der Waals surface area contributed by atoms with Gasteiger partial charge in [0, 0.05) is 23.7 Å². The normalized spacial score (nSPS) is 34.4. The van der Waals surface area contributed by atoms with Crippen LogP contribution in [0.25, 0.3) is 16.3 Å². The number of fused-ring (bicyclic) bond motifs is 2. The SMILES string of the molecule is N#C[C@]12C3=C(c4ccc5ccncc5c4)C[C@@H]1[C@H]32. The first-order valence-corrected chi connectivity index (χ1v) is 6.35. The van der Waals surface area contributed by atoms with Crippen LogP contribution >= 0.6 is 0 Å². The summed E-state index contributed by atoms with van der Waals surface area (Å²) < 4.78 is 0. The van der Waals surface area contributed by atoms with Crippen molar-refractivity contribution in [2.75, 3.05) is 0 Å². The highest BCUT2D eigenvalue weighted by molar-refractivity contribution is 5.92. The van der Waals surface area contributed by atoms with E-state index in [4.69, 9.17) is 0 Å². The fraction of sp³-hybridized carbons (Fsp3) is 0.250. The van der Waals surface area contributed by atoms with Crippen molar-refractivity contribution >= 4 is 16.3 Å². The first-order chi connectivity index (χ1) is 8.86. The number of benzene rings is 1. The molecule has 2 aromatic rings. The van der Waals surface area contributed by atoms with E-state index in [9.17, 15) is 5.26 Å². The summed E-state index contributed by atoms with van der Waals surface area (Å²) in [7, 11) is 0. The minimum Gasteiger partial charge on any atom is -0.264 e. The van der Waals surface area contributed by atoms with E-state index in [1.165, 1.54) is 27.5 Å². The summed E-state index contributed by atoms with van der Waals surface area (Å²) >= 11 is 0. The van der Waals surface area contributed by atoms with E-state index in [1.54, 1.807) is 0 Å². The van der Waals surface area contributed by atoms with Crippen LogP contribution < -0.4 is 0 Å². The lowest BCUT2D eigenvalue weighted by Crippen LogP contribution is -1.88. The Balaban J connectivity index is 1.69. The standard InChI is InChI=1S/C16H10N2/c17-8-16-13-6-12(14(16)15(13)16)10-2-1-9-3-4-18-7-11(9)5-10/h1-5,7,13,15H,6H2/t13-,15-,16-/m1/s1. The molecule has 0 spiro atoms. The van der Waals surface area contributed by atoms with Gasteiger partial charge in [0.2, 0.25) is 0 Å². The van der Waals surface area contributed by atoms with Gasteiger partial charge in [-0.2, -0.15) is 5.26 Å². The molecule has 3 atom stereocenters. The Kier molecular flexibility index (Phi) is 1.23. The lowest BCUT2D eigenvalue weighted by atomic mass is 10.0. The molecule has 0 saturated heterocycles. The lowest BCUT2D eigenvalue weighted by Gasteiger charge is -2.03. The third-order valence-corrected chi connectivity index (χ3v) is 4.97. The van der Waals surface area contributed by atoms with Gasteiger partial charge in [-0.1, -0.05) is 12.1 Å². The van der Waals surface area contributed by atoms with Crippen molar-refractivity contribution in [3.8, 4) is 6.07 Å². The van der Waals surface area contributed by atoms with E-state index in [2.05, 4.69) is 29.3 Å². The van der Waals surface area contributed by atoms with Crippen molar-refractivity contribution in [2.45, 2.75) is 6.42 Å². The highest BCUT2D eigenvalue weighted by Crippen LogP contribution is 2.91. The molecule has 0 aliphatic heterocycles. The second kappa shape index (κ2) is 2.49. The van der Waals surface area contributed by atoms with E-state index in [0.717, 1.165) is 6.42 Å². The van der Waals surface area contributed by atoms with Crippen LogP contribution in [-0.4, -0.2) is 4.98 Å². The third-order valence-electron chi connectivity index (χ3n) is 4.97. The van der Waals surface area contributed by atoms with Gasteiger partial charge < -0.3 is 0 Å². The number of allylic oxidation sites excluding steroid dienone is 2. The van der Waals surface area contributed by atoms with Crippen LogP contribution in [0.2, 0.25) is 0 Å². The number of pyridine rings is 1. The molecule has 0 radical (unpaired) electrons. The van der Waals surface area contributed by atoms with Gasteiger partial charge in [0.05, 0.1) is 11.5 Å². The first-order valence-electron chi connectivity index (χ1n) is 6.35. The smallest absolute Gasteiger partial charge is 0.0898 e. The Morgan fingerprint density at radius 1 is 1.28 bits per heavy atom. The van der Waals surface area contributed by atoms with Crippen molar-refractivity contribution in [2.24, 2.45) is 17.3 Å². The van der Waals surface area contributed by atoms with E-state index in [-0.39, 0.29) is 5.41 Å². The maximum Gasteiger partial charge on any atom is 0.0898 e. The average molecular weight is 230 g/mol. The Hall–Kier alpha value is -2.14. The van der Waals surface area contributed by atoms with Crippen LogP contribution in [0.1, 0.15) is 12.0 Å². The zero-order valence-electron chi connectivity index (χ0n) is 9.72. The average Bonchev–Trinajstić information content (AvgIpc) is 3.15. The predicted octanol–water partition coefficient (Wildman–Crippen LogP) is 3.16. The van der Waals surface area contributed by atoms with Crippen LogP contribution in [0.15, 0.2) is 42.2 Å². The zero-order valence-corrected chi connectivity index (χ0v) is 9.72. The molecule has 1 heterocycles.